The van der Waals surface area contributed by atoms with Crippen molar-refractivity contribution in [2.24, 2.45) is 5.92 Å². The van der Waals surface area contributed by atoms with Crippen LogP contribution in [-0.4, -0.2) is 61.2 Å². The first-order valence-electron chi connectivity index (χ1n) is 12.5. The Labute approximate surface area is 231 Å². The topological polar surface area (TPSA) is 105 Å². The molecule has 0 atom stereocenters. The molecule has 2 aliphatic carbocycles. The van der Waals surface area contributed by atoms with Crippen LogP contribution in [0.25, 0.3) is 0 Å². The molecule has 212 valence electrons. The molecule has 0 bridgehead atoms. The van der Waals surface area contributed by atoms with Gasteiger partial charge in [-0.2, -0.15) is 18.3 Å². The van der Waals surface area contributed by atoms with E-state index in [2.05, 4.69) is 10.1 Å². The summed E-state index contributed by atoms with van der Waals surface area (Å²) < 4.78 is 59.2. The quantitative estimate of drug-likeness (QED) is 0.296. The van der Waals surface area contributed by atoms with E-state index in [1.54, 1.807) is 0 Å². The minimum absolute atomic E-state index is 0.0972. The third-order valence-corrected chi connectivity index (χ3v) is 7.99. The Bertz CT molecular complexity index is 1230. The minimum Gasteiger partial charge on any atom is -0.481 e. The van der Waals surface area contributed by atoms with Gasteiger partial charge in [-0.05, 0) is 38.5 Å². The standard InChI is InChI=1S/C25H26Cl2F4N4O4/c26-17-10-32-11-18(27)20(17)19(36)12-34(13-24(28)7-1-2-8-24)22(37)16-9-33-35(21(16)25(29,30)31)15-5-3-14(4-6-15)23(38)39/h9-11,14-15H,1-8,12-13H2,(H,38,39). The molecule has 0 saturated heterocycles. The molecule has 4 rings (SSSR count). The molecule has 2 heterocycles. The number of carbonyl (C=O) groups is 3. The molecule has 1 N–H and O–H groups in total. The van der Waals surface area contributed by atoms with Gasteiger partial charge in [-0.3, -0.25) is 24.0 Å². The zero-order valence-electron chi connectivity index (χ0n) is 20.7. The van der Waals surface area contributed by atoms with Gasteiger partial charge in [0.2, 0.25) is 0 Å². The molecule has 0 unspecified atom stereocenters. The van der Waals surface area contributed by atoms with E-state index in [0.717, 1.165) is 23.5 Å². The van der Waals surface area contributed by atoms with Crippen molar-refractivity contribution in [2.45, 2.75) is 69.3 Å². The summed E-state index contributed by atoms with van der Waals surface area (Å²) in [5.74, 6) is -3.66. The van der Waals surface area contributed by atoms with Crippen LogP contribution in [0.2, 0.25) is 10.0 Å². The van der Waals surface area contributed by atoms with Crippen LogP contribution in [0.1, 0.15) is 83.8 Å². The van der Waals surface area contributed by atoms with Gasteiger partial charge >= 0.3 is 12.1 Å². The second kappa shape index (κ2) is 11.4. The fourth-order valence-electron chi connectivity index (χ4n) is 5.45. The lowest BCUT2D eigenvalue weighted by Crippen LogP contribution is -2.45. The molecule has 2 aromatic rings. The molecule has 2 aliphatic rings. The van der Waals surface area contributed by atoms with Gasteiger partial charge in [0.15, 0.2) is 11.5 Å². The number of amides is 1. The Morgan fingerprint density at radius 1 is 1.05 bits per heavy atom. The normalized spacial score (nSPS) is 21.1. The molecule has 1 amide bonds. The number of Topliss-reactive ketones (excluding diaryl/α,β-unsaturated/α-hetero) is 1. The molecule has 0 radical (unpaired) electrons. The first-order chi connectivity index (χ1) is 18.3. The fourth-order valence-corrected chi connectivity index (χ4v) is 6.03. The first kappa shape index (κ1) is 29.3. The third-order valence-electron chi connectivity index (χ3n) is 7.41. The van der Waals surface area contributed by atoms with Crippen LogP contribution in [0, 0.1) is 5.92 Å². The summed E-state index contributed by atoms with van der Waals surface area (Å²) in [5, 5.41) is 12.9. The summed E-state index contributed by atoms with van der Waals surface area (Å²) in [5.41, 5.74) is -4.18. The van der Waals surface area contributed by atoms with Crippen LogP contribution in [0.5, 0.6) is 0 Å². The summed E-state index contributed by atoms with van der Waals surface area (Å²) in [6.07, 6.45) is -0.0433. The predicted molar refractivity (Wildman–Crippen MR) is 133 cm³/mol. The zero-order chi connectivity index (χ0) is 28.5. The van der Waals surface area contributed by atoms with Crippen molar-refractivity contribution in [3.8, 4) is 0 Å². The Morgan fingerprint density at radius 2 is 1.64 bits per heavy atom. The smallest absolute Gasteiger partial charge is 0.433 e. The van der Waals surface area contributed by atoms with E-state index in [1.165, 1.54) is 0 Å². The Morgan fingerprint density at radius 3 is 2.18 bits per heavy atom. The maximum atomic E-state index is 15.5. The van der Waals surface area contributed by atoms with Crippen LogP contribution in [0.4, 0.5) is 17.6 Å². The lowest BCUT2D eigenvalue weighted by Gasteiger charge is -2.30. The summed E-state index contributed by atoms with van der Waals surface area (Å²) in [7, 11) is 0. The maximum Gasteiger partial charge on any atom is 0.433 e. The second-order valence-electron chi connectivity index (χ2n) is 10.1. The molecule has 0 aliphatic heterocycles. The molecule has 39 heavy (non-hydrogen) atoms. The highest BCUT2D eigenvalue weighted by atomic mass is 35.5. The highest BCUT2D eigenvalue weighted by Gasteiger charge is 2.45. The number of pyridine rings is 1. The van der Waals surface area contributed by atoms with E-state index in [1.807, 2.05) is 0 Å². The number of hydrogen-bond acceptors (Lipinski definition) is 5. The average Bonchev–Trinajstić information content (AvgIpc) is 3.50. The molecule has 2 saturated carbocycles. The highest BCUT2D eigenvalue weighted by Crippen LogP contribution is 2.40. The number of nitrogens with zero attached hydrogens (tertiary/aromatic N) is 4. The van der Waals surface area contributed by atoms with Gasteiger partial charge in [0, 0.05) is 12.4 Å². The van der Waals surface area contributed by atoms with Gasteiger partial charge in [0.05, 0.1) is 52.4 Å². The summed E-state index contributed by atoms with van der Waals surface area (Å²) >= 11 is 12.1. The third kappa shape index (κ3) is 6.37. The molecule has 2 fully saturated rings. The van der Waals surface area contributed by atoms with E-state index in [0.29, 0.717) is 17.5 Å². The van der Waals surface area contributed by atoms with Crippen molar-refractivity contribution in [1.29, 1.82) is 0 Å². The summed E-state index contributed by atoms with van der Waals surface area (Å²) in [4.78, 5) is 42.5. The lowest BCUT2D eigenvalue weighted by atomic mass is 9.86. The number of carboxylic acid groups (broad SMARTS) is 1. The van der Waals surface area contributed by atoms with Gasteiger partial charge in [-0.15, -0.1) is 0 Å². The molecular weight excluding hydrogens is 567 g/mol. The van der Waals surface area contributed by atoms with E-state index in [9.17, 15) is 32.7 Å². The predicted octanol–water partition coefficient (Wildman–Crippen LogP) is 6.03. The first-order valence-corrected chi connectivity index (χ1v) is 13.2. The number of hydrogen-bond donors (Lipinski definition) is 1. The van der Waals surface area contributed by atoms with Gasteiger partial charge in [-0.1, -0.05) is 36.0 Å². The molecular formula is C25H26Cl2F4N4O4. The van der Waals surface area contributed by atoms with Crippen LogP contribution in [0.15, 0.2) is 18.6 Å². The van der Waals surface area contributed by atoms with Crippen LogP contribution >= 0.6 is 23.2 Å². The molecule has 2 aromatic heterocycles. The van der Waals surface area contributed by atoms with Crippen molar-refractivity contribution in [2.75, 3.05) is 13.1 Å². The number of aliphatic carboxylic acids is 1. The number of carbonyl (C=O) groups excluding carboxylic acids is 2. The summed E-state index contributed by atoms with van der Waals surface area (Å²) in [6.45, 7) is -1.36. The van der Waals surface area contributed by atoms with Crippen molar-refractivity contribution in [1.82, 2.24) is 19.7 Å². The van der Waals surface area contributed by atoms with Crippen LogP contribution in [-0.2, 0) is 11.0 Å². The van der Waals surface area contributed by atoms with E-state index in [-0.39, 0.29) is 54.1 Å². The van der Waals surface area contributed by atoms with Gasteiger partial charge < -0.3 is 10.0 Å². The number of ketones is 1. The highest BCUT2D eigenvalue weighted by molar-refractivity contribution is 6.39. The molecule has 14 heteroatoms. The van der Waals surface area contributed by atoms with Crippen molar-refractivity contribution < 1.29 is 37.1 Å². The average molecular weight is 593 g/mol. The van der Waals surface area contributed by atoms with Gasteiger partial charge in [-0.25, -0.2) is 4.39 Å². The molecule has 8 nitrogen and oxygen atoms in total. The Balaban J connectivity index is 1.68. The van der Waals surface area contributed by atoms with E-state index in [4.69, 9.17) is 23.2 Å². The number of halogens is 6. The largest absolute Gasteiger partial charge is 0.481 e. The van der Waals surface area contributed by atoms with E-state index < -0.39 is 65.8 Å². The lowest BCUT2D eigenvalue weighted by molar-refractivity contribution is -0.147. The fraction of sp³-hybridized carbons (Fsp3) is 0.560. The number of aromatic nitrogens is 3. The second-order valence-corrected chi connectivity index (χ2v) is 10.9. The molecule has 0 spiro atoms. The summed E-state index contributed by atoms with van der Waals surface area (Å²) in [6, 6.07) is -0.773. The zero-order valence-corrected chi connectivity index (χ0v) is 22.2. The monoisotopic (exact) mass is 592 g/mol. The van der Waals surface area contributed by atoms with E-state index >= 15 is 4.39 Å². The number of rotatable bonds is 8. The SMILES string of the molecule is O=C(CN(CC1(F)CCCC1)C(=O)c1cnn(C2CCC(C(=O)O)CC2)c1C(F)(F)F)c1c(Cl)cncc1Cl. The van der Waals surface area contributed by atoms with Crippen molar-refractivity contribution >= 4 is 40.9 Å². The van der Waals surface area contributed by atoms with Crippen molar-refractivity contribution in [3.05, 3.63) is 45.5 Å². The van der Waals surface area contributed by atoms with Crippen molar-refractivity contribution in [3.63, 3.8) is 0 Å². The number of carboxylic acids is 1. The number of alkyl halides is 4. The Hall–Kier alpha value is -2.73. The minimum atomic E-state index is -5.00. The Kier molecular flexibility index (Phi) is 8.55. The van der Waals surface area contributed by atoms with Gasteiger partial charge in [0.25, 0.3) is 5.91 Å². The maximum absolute atomic E-state index is 15.5. The van der Waals surface area contributed by atoms with Crippen LogP contribution in [0.3, 0.4) is 0 Å². The van der Waals surface area contributed by atoms with Crippen LogP contribution < -0.4 is 0 Å². The molecule has 0 aromatic carbocycles. The van der Waals surface area contributed by atoms with Gasteiger partial charge in [0.1, 0.15) is 5.67 Å².